The van der Waals surface area contributed by atoms with Crippen LogP contribution in [0, 0.1) is 17.8 Å². The SMILES string of the molecule is COC(=O)CCNC(=O)C1CC(C)CC1C(=O)O. The second-order valence-electron chi connectivity index (χ2n) is 4.74. The van der Waals surface area contributed by atoms with Crippen molar-refractivity contribution in [2.45, 2.75) is 26.2 Å². The van der Waals surface area contributed by atoms with Crippen molar-refractivity contribution in [2.75, 3.05) is 13.7 Å². The Kier molecular flexibility index (Phi) is 5.12. The van der Waals surface area contributed by atoms with Gasteiger partial charge in [-0.25, -0.2) is 0 Å². The van der Waals surface area contributed by atoms with E-state index < -0.39 is 23.8 Å². The summed E-state index contributed by atoms with van der Waals surface area (Å²) in [5.74, 6) is -2.47. The van der Waals surface area contributed by atoms with Gasteiger partial charge in [0.15, 0.2) is 0 Å². The molecular formula is C12H19NO5. The van der Waals surface area contributed by atoms with Crippen LogP contribution in [0.2, 0.25) is 0 Å². The van der Waals surface area contributed by atoms with Crippen molar-refractivity contribution < 1.29 is 24.2 Å². The fourth-order valence-corrected chi connectivity index (χ4v) is 2.38. The molecule has 0 aromatic rings. The summed E-state index contributed by atoms with van der Waals surface area (Å²) in [5, 5.41) is 11.6. The highest BCUT2D eigenvalue weighted by Crippen LogP contribution is 2.36. The third kappa shape index (κ3) is 3.72. The zero-order valence-electron chi connectivity index (χ0n) is 10.6. The Morgan fingerprint density at radius 1 is 1.28 bits per heavy atom. The van der Waals surface area contributed by atoms with Gasteiger partial charge in [0, 0.05) is 6.54 Å². The van der Waals surface area contributed by atoms with Crippen molar-refractivity contribution >= 4 is 17.8 Å². The van der Waals surface area contributed by atoms with E-state index in [4.69, 9.17) is 5.11 Å². The summed E-state index contributed by atoms with van der Waals surface area (Å²) in [6, 6.07) is 0. The lowest BCUT2D eigenvalue weighted by atomic mass is 9.95. The molecule has 0 heterocycles. The number of hydrogen-bond acceptors (Lipinski definition) is 4. The van der Waals surface area contributed by atoms with Crippen LogP contribution in [0.1, 0.15) is 26.2 Å². The van der Waals surface area contributed by atoms with Gasteiger partial charge in [0.25, 0.3) is 0 Å². The van der Waals surface area contributed by atoms with Crippen LogP contribution in [0.4, 0.5) is 0 Å². The van der Waals surface area contributed by atoms with Crippen molar-refractivity contribution in [1.29, 1.82) is 0 Å². The molecule has 1 amide bonds. The van der Waals surface area contributed by atoms with Gasteiger partial charge in [0.05, 0.1) is 25.4 Å². The van der Waals surface area contributed by atoms with Crippen molar-refractivity contribution in [3.8, 4) is 0 Å². The van der Waals surface area contributed by atoms with Gasteiger partial charge < -0.3 is 15.2 Å². The molecule has 6 heteroatoms. The second kappa shape index (κ2) is 6.37. The second-order valence-corrected chi connectivity index (χ2v) is 4.74. The zero-order valence-corrected chi connectivity index (χ0v) is 10.6. The molecule has 1 rings (SSSR count). The molecule has 1 saturated carbocycles. The number of esters is 1. The van der Waals surface area contributed by atoms with Crippen molar-refractivity contribution in [3.05, 3.63) is 0 Å². The summed E-state index contributed by atoms with van der Waals surface area (Å²) in [5.41, 5.74) is 0. The average molecular weight is 257 g/mol. The lowest BCUT2D eigenvalue weighted by Gasteiger charge is -2.15. The lowest BCUT2D eigenvalue weighted by molar-refractivity contribution is -0.146. The number of aliphatic carboxylic acids is 1. The minimum atomic E-state index is -0.924. The molecule has 0 radical (unpaired) electrons. The summed E-state index contributed by atoms with van der Waals surface area (Å²) >= 11 is 0. The number of rotatable bonds is 5. The third-order valence-corrected chi connectivity index (χ3v) is 3.31. The van der Waals surface area contributed by atoms with Gasteiger partial charge in [-0.3, -0.25) is 14.4 Å². The summed E-state index contributed by atoms with van der Waals surface area (Å²) in [4.78, 5) is 33.8. The highest BCUT2D eigenvalue weighted by molar-refractivity contribution is 5.85. The molecule has 18 heavy (non-hydrogen) atoms. The van der Waals surface area contributed by atoms with E-state index in [0.717, 1.165) is 0 Å². The van der Waals surface area contributed by atoms with E-state index in [2.05, 4.69) is 10.1 Å². The van der Waals surface area contributed by atoms with Crippen LogP contribution < -0.4 is 5.32 Å². The fraction of sp³-hybridized carbons (Fsp3) is 0.750. The first kappa shape index (κ1) is 14.5. The van der Waals surface area contributed by atoms with Crippen LogP contribution in [-0.4, -0.2) is 36.6 Å². The van der Waals surface area contributed by atoms with Gasteiger partial charge in [-0.15, -0.1) is 0 Å². The first-order valence-corrected chi connectivity index (χ1v) is 6.03. The number of carboxylic acid groups (broad SMARTS) is 1. The molecule has 0 aromatic carbocycles. The topological polar surface area (TPSA) is 92.7 Å². The highest BCUT2D eigenvalue weighted by atomic mass is 16.5. The predicted octanol–water partition coefficient (Wildman–Crippen LogP) is 0.413. The van der Waals surface area contributed by atoms with E-state index in [9.17, 15) is 14.4 Å². The van der Waals surface area contributed by atoms with E-state index in [1.165, 1.54) is 7.11 Å². The maximum Gasteiger partial charge on any atom is 0.307 e. The van der Waals surface area contributed by atoms with E-state index in [0.29, 0.717) is 12.8 Å². The smallest absolute Gasteiger partial charge is 0.307 e. The van der Waals surface area contributed by atoms with Gasteiger partial charge in [-0.05, 0) is 18.8 Å². The molecule has 2 N–H and O–H groups in total. The van der Waals surface area contributed by atoms with Crippen molar-refractivity contribution in [1.82, 2.24) is 5.32 Å². The molecule has 0 spiro atoms. The summed E-state index contributed by atoms with van der Waals surface area (Å²) in [7, 11) is 1.28. The number of methoxy groups -OCH3 is 1. The molecule has 0 saturated heterocycles. The minimum Gasteiger partial charge on any atom is -0.481 e. The predicted molar refractivity (Wildman–Crippen MR) is 62.7 cm³/mol. The molecule has 0 bridgehead atoms. The summed E-state index contributed by atoms with van der Waals surface area (Å²) < 4.78 is 4.45. The van der Waals surface area contributed by atoms with E-state index >= 15 is 0 Å². The number of nitrogens with one attached hydrogen (secondary N) is 1. The number of amides is 1. The molecule has 3 unspecified atom stereocenters. The van der Waals surface area contributed by atoms with E-state index in [1.807, 2.05) is 6.92 Å². The molecule has 102 valence electrons. The number of carbonyl (C=O) groups excluding carboxylic acids is 2. The Bertz CT molecular complexity index is 341. The quantitative estimate of drug-likeness (QED) is 0.696. The lowest BCUT2D eigenvalue weighted by Crippen LogP contribution is -2.36. The highest BCUT2D eigenvalue weighted by Gasteiger charge is 2.40. The van der Waals surface area contributed by atoms with Crippen molar-refractivity contribution in [2.24, 2.45) is 17.8 Å². The van der Waals surface area contributed by atoms with E-state index in [1.54, 1.807) is 0 Å². The monoisotopic (exact) mass is 257 g/mol. The number of hydrogen-bond donors (Lipinski definition) is 2. The molecule has 1 fully saturated rings. The van der Waals surface area contributed by atoms with Crippen LogP contribution in [0.5, 0.6) is 0 Å². The van der Waals surface area contributed by atoms with Crippen LogP contribution in [-0.2, 0) is 19.1 Å². The average Bonchev–Trinajstić information content (AvgIpc) is 2.71. The van der Waals surface area contributed by atoms with Gasteiger partial charge >= 0.3 is 11.9 Å². The Morgan fingerprint density at radius 3 is 2.44 bits per heavy atom. The van der Waals surface area contributed by atoms with Crippen LogP contribution in [0.25, 0.3) is 0 Å². The summed E-state index contributed by atoms with van der Waals surface area (Å²) in [6.45, 7) is 2.13. The van der Waals surface area contributed by atoms with Gasteiger partial charge in [-0.2, -0.15) is 0 Å². The Morgan fingerprint density at radius 2 is 1.89 bits per heavy atom. The molecule has 3 atom stereocenters. The Balaban J connectivity index is 2.45. The van der Waals surface area contributed by atoms with Gasteiger partial charge in [-0.1, -0.05) is 6.92 Å². The van der Waals surface area contributed by atoms with Gasteiger partial charge in [0.2, 0.25) is 5.91 Å². The fourth-order valence-electron chi connectivity index (χ4n) is 2.38. The molecule has 1 aliphatic rings. The van der Waals surface area contributed by atoms with Crippen LogP contribution in [0.3, 0.4) is 0 Å². The number of ether oxygens (including phenoxy) is 1. The first-order chi connectivity index (χ1) is 8.45. The van der Waals surface area contributed by atoms with Crippen LogP contribution >= 0.6 is 0 Å². The molecule has 0 aliphatic heterocycles. The first-order valence-electron chi connectivity index (χ1n) is 6.03. The standard InChI is InChI=1S/C12H19NO5/c1-7-5-8(9(6-7)12(16)17)11(15)13-4-3-10(14)18-2/h7-9H,3-6H2,1-2H3,(H,13,15)(H,16,17). The number of carbonyl (C=O) groups is 3. The van der Waals surface area contributed by atoms with Crippen molar-refractivity contribution in [3.63, 3.8) is 0 Å². The molecular weight excluding hydrogens is 238 g/mol. The Labute approximate surface area is 106 Å². The molecule has 0 aromatic heterocycles. The van der Waals surface area contributed by atoms with E-state index in [-0.39, 0.29) is 24.8 Å². The normalized spacial score (nSPS) is 26.7. The summed E-state index contributed by atoms with van der Waals surface area (Å²) in [6.07, 6.45) is 1.22. The Hall–Kier alpha value is -1.59. The third-order valence-electron chi connectivity index (χ3n) is 3.31. The zero-order chi connectivity index (χ0) is 13.7. The maximum absolute atomic E-state index is 11.8. The molecule has 1 aliphatic carbocycles. The van der Waals surface area contributed by atoms with Gasteiger partial charge in [0.1, 0.15) is 0 Å². The molecule has 6 nitrogen and oxygen atoms in total. The number of carboxylic acids is 1. The maximum atomic E-state index is 11.8. The largest absolute Gasteiger partial charge is 0.481 e. The minimum absolute atomic E-state index is 0.0995. The van der Waals surface area contributed by atoms with Crippen LogP contribution in [0.15, 0.2) is 0 Å².